The fraction of sp³-hybridized carbons (Fsp3) is 1.00. The van der Waals surface area contributed by atoms with Crippen molar-refractivity contribution in [3.05, 3.63) is 0 Å². The molecule has 4 heteroatoms. The van der Waals surface area contributed by atoms with E-state index in [1.807, 2.05) is 6.92 Å². The van der Waals surface area contributed by atoms with Crippen molar-refractivity contribution in [2.45, 2.75) is 25.5 Å². The van der Waals surface area contributed by atoms with Gasteiger partial charge in [-0.1, -0.05) is 0 Å². The number of hydrogen-bond acceptors (Lipinski definition) is 3. The smallest absolute Gasteiger partial charge is 0.0959 e. The molecule has 0 spiro atoms. The number of nitrogens with two attached hydrogens (primary N) is 1. The molecule has 0 aromatic heterocycles. The SMILES string of the molecule is CCO[C@H]1COCC[C@H]1N.Cl. The highest BCUT2D eigenvalue weighted by Gasteiger charge is 2.21. The van der Waals surface area contributed by atoms with E-state index in [2.05, 4.69) is 0 Å². The van der Waals surface area contributed by atoms with Crippen LogP contribution < -0.4 is 5.73 Å². The third-order valence-corrected chi connectivity index (χ3v) is 1.74. The molecule has 1 fully saturated rings. The van der Waals surface area contributed by atoms with Crippen molar-refractivity contribution < 1.29 is 9.47 Å². The molecule has 11 heavy (non-hydrogen) atoms. The van der Waals surface area contributed by atoms with Crippen LogP contribution in [0.2, 0.25) is 0 Å². The molecular weight excluding hydrogens is 166 g/mol. The summed E-state index contributed by atoms with van der Waals surface area (Å²) in [5, 5.41) is 0. The summed E-state index contributed by atoms with van der Waals surface area (Å²) in [4.78, 5) is 0. The molecule has 2 atom stereocenters. The molecule has 1 aliphatic rings. The fourth-order valence-corrected chi connectivity index (χ4v) is 1.11. The Bertz CT molecular complexity index is 100. The van der Waals surface area contributed by atoms with Gasteiger partial charge in [-0.3, -0.25) is 0 Å². The first-order chi connectivity index (χ1) is 4.84. The van der Waals surface area contributed by atoms with E-state index in [-0.39, 0.29) is 24.6 Å². The minimum absolute atomic E-state index is 0. The molecule has 0 bridgehead atoms. The molecule has 0 aromatic carbocycles. The lowest BCUT2D eigenvalue weighted by Crippen LogP contribution is -2.44. The van der Waals surface area contributed by atoms with E-state index in [0.717, 1.165) is 19.6 Å². The van der Waals surface area contributed by atoms with E-state index in [0.29, 0.717) is 6.61 Å². The van der Waals surface area contributed by atoms with Gasteiger partial charge in [0.05, 0.1) is 12.7 Å². The number of ether oxygens (including phenoxy) is 2. The summed E-state index contributed by atoms with van der Waals surface area (Å²) in [6.07, 6.45) is 1.05. The Hall–Kier alpha value is 0.170. The Balaban J connectivity index is 0.000001000. The van der Waals surface area contributed by atoms with Gasteiger partial charge >= 0.3 is 0 Å². The fourth-order valence-electron chi connectivity index (χ4n) is 1.11. The monoisotopic (exact) mass is 181 g/mol. The Morgan fingerprint density at radius 3 is 2.91 bits per heavy atom. The molecule has 0 amide bonds. The first kappa shape index (κ1) is 11.2. The molecule has 0 radical (unpaired) electrons. The zero-order valence-electron chi connectivity index (χ0n) is 6.79. The van der Waals surface area contributed by atoms with Crippen molar-refractivity contribution in [3.8, 4) is 0 Å². The zero-order chi connectivity index (χ0) is 7.40. The normalized spacial score (nSPS) is 31.1. The quantitative estimate of drug-likeness (QED) is 0.677. The molecule has 68 valence electrons. The van der Waals surface area contributed by atoms with E-state index in [4.69, 9.17) is 15.2 Å². The van der Waals surface area contributed by atoms with Gasteiger partial charge in [0, 0.05) is 19.3 Å². The van der Waals surface area contributed by atoms with Gasteiger partial charge in [0.15, 0.2) is 0 Å². The molecule has 1 saturated heterocycles. The second kappa shape index (κ2) is 5.77. The lowest BCUT2D eigenvalue weighted by atomic mass is 10.1. The molecule has 0 saturated carbocycles. The summed E-state index contributed by atoms with van der Waals surface area (Å²) in [5.41, 5.74) is 5.76. The maximum atomic E-state index is 5.76. The van der Waals surface area contributed by atoms with Crippen LogP contribution in [0.25, 0.3) is 0 Å². The highest BCUT2D eigenvalue weighted by atomic mass is 35.5. The molecule has 0 unspecified atom stereocenters. The van der Waals surface area contributed by atoms with Crippen LogP contribution in [0.15, 0.2) is 0 Å². The largest absolute Gasteiger partial charge is 0.379 e. The molecule has 1 heterocycles. The number of hydrogen-bond donors (Lipinski definition) is 1. The summed E-state index contributed by atoms with van der Waals surface area (Å²) in [7, 11) is 0. The van der Waals surface area contributed by atoms with Crippen LogP contribution in [0, 0.1) is 0 Å². The standard InChI is InChI=1S/C7H15NO2.ClH/c1-2-10-7-5-9-4-3-6(7)8;/h6-7H,2-5,8H2,1H3;1H/t6-,7+;/m1./s1. The third-order valence-electron chi connectivity index (χ3n) is 1.74. The van der Waals surface area contributed by atoms with Crippen LogP contribution in [-0.4, -0.2) is 32.0 Å². The highest BCUT2D eigenvalue weighted by molar-refractivity contribution is 5.85. The summed E-state index contributed by atoms with van der Waals surface area (Å²) in [5.74, 6) is 0. The number of rotatable bonds is 2. The van der Waals surface area contributed by atoms with Crippen LogP contribution in [0.3, 0.4) is 0 Å². The van der Waals surface area contributed by atoms with E-state index >= 15 is 0 Å². The maximum absolute atomic E-state index is 5.76. The van der Waals surface area contributed by atoms with Crippen LogP contribution in [-0.2, 0) is 9.47 Å². The molecular formula is C7H16ClNO2. The van der Waals surface area contributed by atoms with E-state index in [1.54, 1.807) is 0 Å². The Labute approximate surface area is 73.6 Å². The van der Waals surface area contributed by atoms with E-state index in [9.17, 15) is 0 Å². The molecule has 2 N–H and O–H groups in total. The van der Waals surface area contributed by atoms with Gasteiger partial charge in [-0.15, -0.1) is 12.4 Å². The summed E-state index contributed by atoms with van der Waals surface area (Å²) in [6, 6.07) is 0.175. The summed E-state index contributed by atoms with van der Waals surface area (Å²) >= 11 is 0. The Morgan fingerprint density at radius 2 is 2.36 bits per heavy atom. The topological polar surface area (TPSA) is 44.5 Å². The Kier molecular flexibility index (Phi) is 5.86. The molecule has 1 aliphatic heterocycles. The van der Waals surface area contributed by atoms with Crippen molar-refractivity contribution in [2.24, 2.45) is 5.73 Å². The predicted octanol–water partition coefficient (Wildman–Crippen LogP) is 0.561. The van der Waals surface area contributed by atoms with Gasteiger partial charge in [-0.2, -0.15) is 0 Å². The average molecular weight is 182 g/mol. The molecule has 0 aliphatic carbocycles. The van der Waals surface area contributed by atoms with Crippen LogP contribution in [0.5, 0.6) is 0 Å². The van der Waals surface area contributed by atoms with Crippen LogP contribution in [0.1, 0.15) is 13.3 Å². The zero-order valence-corrected chi connectivity index (χ0v) is 7.60. The minimum atomic E-state index is 0. The van der Waals surface area contributed by atoms with Crippen LogP contribution >= 0.6 is 12.4 Å². The average Bonchev–Trinajstić information content (AvgIpc) is 1.94. The summed E-state index contributed by atoms with van der Waals surface area (Å²) < 4.78 is 10.5. The third kappa shape index (κ3) is 3.38. The van der Waals surface area contributed by atoms with Crippen molar-refractivity contribution in [1.82, 2.24) is 0 Å². The molecule has 1 rings (SSSR count). The van der Waals surface area contributed by atoms with Gasteiger partial charge in [0.1, 0.15) is 0 Å². The van der Waals surface area contributed by atoms with Gasteiger partial charge in [0.2, 0.25) is 0 Å². The van der Waals surface area contributed by atoms with Gasteiger partial charge in [-0.25, -0.2) is 0 Å². The predicted molar refractivity (Wildman–Crippen MR) is 46.1 cm³/mol. The molecule has 3 nitrogen and oxygen atoms in total. The molecule has 0 aromatic rings. The van der Waals surface area contributed by atoms with E-state index in [1.165, 1.54) is 0 Å². The first-order valence-electron chi connectivity index (χ1n) is 3.79. The Morgan fingerprint density at radius 1 is 1.64 bits per heavy atom. The highest BCUT2D eigenvalue weighted by Crippen LogP contribution is 2.08. The maximum Gasteiger partial charge on any atom is 0.0959 e. The van der Waals surface area contributed by atoms with Gasteiger partial charge < -0.3 is 15.2 Å². The summed E-state index contributed by atoms with van der Waals surface area (Å²) in [6.45, 7) is 4.14. The van der Waals surface area contributed by atoms with Crippen molar-refractivity contribution in [2.75, 3.05) is 19.8 Å². The number of halogens is 1. The first-order valence-corrected chi connectivity index (χ1v) is 3.79. The van der Waals surface area contributed by atoms with Gasteiger partial charge in [-0.05, 0) is 13.3 Å². The second-order valence-corrected chi connectivity index (χ2v) is 2.52. The van der Waals surface area contributed by atoms with Crippen molar-refractivity contribution in [3.63, 3.8) is 0 Å². The minimum Gasteiger partial charge on any atom is -0.379 e. The second-order valence-electron chi connectivity index (χ2n) is 2.52. The van der Waals surface area contributed by atoms with E-state index < -0.39 is 0 Å². The van der Waals surface area contributed by atoms with Crippen LogP contribution in [0.4, 0.5) is 0 Å². The van der Waals surface area contributed by atoms with Crippen molar-refractivity contribution >= 4 is 12.4 Å². The lowest BCUT2D eigenvalue weighted by Gasteiger charge is -2.28. The van der Waals surface area contributed by atoms with Crippen molar-refractivity contribution in [1.29, 1.82) is 0 Å². The van der Waals surface area contributed by atoms with Gasteiger partial charge in [0.25, 0.3) is 0 Å². The lowest BCUT2D eigenvalue weighted by molar-refractivity contribution is -0.0571.